The highest BCUT2D eigenvalue weighted by Gasteiger charge is 2.37. The summed E-state index contributed by atoms with van der Waals surface area (Å²) < 4.78 is 55.8. The summed E-state index contributed by atoms with van der Waals surface area (Å²) in [6.45, 7) is 2.56. The van der Waals surface area contributed by atoms with Crippen molar-refractivity contribution in [1.29, 1.82) is 0 Å². The van der Waals surface area contributed by atoms with E-state index in [0.717, 1.165) is 12.8 Å². The van der Waals surface area contributed by atoms with E-state index in [1.807, 2.05) is 6.92 Å². The van der Waals surface area contributed by atoms with Crippen molar-refractivity contribution in [3.63, 3.8) is 0 Å². The van der Waals surface area contributed by atoms with Crippen LogP contribution in [0, 0.1) is 0 Å². The number of aromatic nitrogens is 2. The van der Waals surface area contributed by atoms with Gasteiger partial charge in [-0.3, -0.25) is 0 Å². The van der Waals surface area contributed by atoms with Gasteiger partial charge in [-0.1, -0.05) is 13.3 Å². The fourth-order valence-electron chi connectivity index (χ4n) is 2.63. The summed E-state index contributed by atoms with van der Waals surface area (Å²) in [5.41, 5.74) is 0.0193. The Labute approximate surface area is 149 Å². The lowest BCUT2D eigenvalue weighted by atomic mass is 10.1. The maximum absolute atomic E-state index is 13.3. The maximum atomic E-state index is 13.3. The molecule has 0 radical (unpaired) electrons. The fourth-order valence-corrected chi connectivity index (χ4v) is 2.63. The first-order chi connectivity index (χ1) is 12.3. The monoisotopic (exact) mass is 373 g/mol. The quantitative estimate of drug-likeness (QED) is 0.733. The zero-order valence-corrected chi connectivity index (χ0v) is 15.4. The van der Waals surface area contributed by atoms with Crippen molar-refractivity contribution in [1.82, 2.24) is 9.97 Å². The Balaban J connectivity index is 2.86. The SMILES string of the molecule is CCCCN(C)c1nc(C(F)(F)F)nc2c(OC)c(OC)c(OC)cc12. The van der Waals surface area contributed by atoms with Crippen molar-refractivity contribution >= 4 is 16.7 Å². The smallest absolute Gasteiger partial charge is 0.451 e. The first-order valence-electron chi connectivity index (χ1n) is 8.07. The Bertz CT molecular complexity index is 781. The van der Waals surface area contributed by atoms with Gasteiger partial charge in [0.05, 0.1) is 26.7 Å². The Hall–Kier alpha value is -2.45. The van der Waals surface area contributed by atoms with Gasteiger partial charge >= 0.3 is 6.18 Å². The van der Waals surface area contributed by atoms with Crippen molar-refractivity contribution in [2.24, 2.45) is 0 Å². The molecule has 1 aromatic heterocycles. The largest absolute Gasteiger partial charge is 0.493 e. The number of hydrogen-bond acceptors (Lipinski definition) is 6. The van der Waals surface area contributed by atoms with Crippen LogP contribution in [0.3, 0.4) is 0 Å². The molecule has 2 aromatic rings. The first kappa shape index (κ1) is 19.9. The minimum absolute atomic E-state index is 0.0193. The summed E-state index contributed by atoms with van der Waals surface area (Å²) >= 11 is 0. The second-order valence-corrected chi connectivity index (χ2v) is 5.69. The lowest BCUT2D eigenvalue weighted by Crippen LogP contribution is -2.22. The van der Waals surface area contributed by atoms with Gasteiger partial charge in [-0.05, 0) is 12.5 Å². The van der Waals surface area contributed by atoms with Gasteiger partial charge in [-0.2, -0.15) is 13.2 Å². The van der Waals surface area contributed by atoms with E-state index >= 15 is 0 Å². The van der Waals surface area contributed by atoms with Crippen LogP contribution in [0.25, 0.3) is 10.9 Å². The number of rotatable bonds is 7. The summed E-state index contributed by atoms with van der Waals surface area (Å²) in [6.07, 6.45) is -2.97. The Kier molecular flexibility index (Phi) is 5.99. The zero-order valence-electron chi connectivity index (χ0n) is 15.4. The minimum atomic E-state index is -4.69. The van der Waals surface area contributed by atoms with E-state index in [9.17, 15) is 13.2 Å². The van der Waals surface area contributed by atoms with Gasteiger partial charge < -0.3 is 19.1 Å². The number of nitrogens with zero attached hydrogens (tertiary/aromatic N) is 3. The predicted molar refractivity (Wildman–Crippen MR) is 92.4 cm³/mol. The summed E-state index contributed by atoms with van der Waals surface area (Å²) in [4.78, 5) is 9.15. The van der Waals surface area contributed by atoms with E-state index in [0.29, 0.717) is 17.7 Å². The molecular formula is C17H22F3N3O3. The summed E-state index contributed by atoms with van der Waals surface area (Å²) in [6, 6.07) is 1.56. The van der Waals surface area contributed by atoms with Gasteiger partial charge in [-0.25, -0.2) is 9.97 Å². The molecule has 9 heteroatoms. The third kappa shape index (κ3) is 3.71. The molecule has 0 aliphatic carbocycles. The number of fused-ring (bicyclic) bond motifs is 1. The van der Waals surface area contributed by atoms with Gasteiger partial charge in [0, 0.05) is 13.6 Å². The molecule has 0 N–H and O–H groups in total. The van der Waals surface area contributed by atoms with E-state index in [4.69, 9.17) is 14.2 Å². The molecule has 0 amide bonds. The lowest BCUT2D eigenvalue weighted by Gasteiger charge is -2.22. The molecule has 144 valence electrons. The molecule has 1 aromatic carbocycles. The standard InChI is InChI=1S/C17H22F3N3O3/c1-6-7-8-23(2)15-10-9-11(24-3)13(25-4)14(26-5)12(10)21-16(22-15)17(18,19)20/h9H,6-8H2,1-5H3. The number of methoxy groups -OCH3 is 3. The van der Waals surface area contributed by atoms with Crippen molar-refractivity contribution in [2.75, 3.05) is 39.8 Å². The molecule has 0 fully saturated rings. The van der Waals surface area contributed by atoms with Gasteiger partial charge in [-0.15, -0.1) is 0 Å². The van der Waals surface area contributed by atoms with Crippen molar-refractivity contribution < 1.29 is 27.4 Å². The van der Waals surface area contributed by atoms with Crippen molar-refractivity contribution in [3.8, 4) is 17.2 Å². The number of halogens is 3. The molecule has 0 spiro atoms. The molecule has 0 bridgehead atoms. The molecule has 0 unspecified atom stereocenters. The second-order valence-electron chi connectivity index (χ2n) is 5.69. The number of unbranched alkanes of at least 4 members (excludes halogenated alkanes) is 1. The summed E-state index contributed by atoms with van der Waals surface area (Å²) in [7, 11) is 5.86. The van der Waals surface area contributed by atoms with Gasteiger partial charge in [0.15, 0.2) is 11.5 Å². The number of ether oxygens (including phenoxy) is 3. The molecule has 0 aliphatic heterocycles. The molecular weight excluding hydrogens is 351 g/mol. The topological polar surface area (TPSA) is 56.7 Å². The molecule has 1 heterocycles. The van der Waals surface area contributed by atoms with Crippen LogP contribution < -0.4 is 19.1 Å². The number of anilines is 1. The van der Waals surface area contributed by atoms with Gasteiger partial charge in [0.25, 0.3) is 0 Å². The molecule has 0 atom stereocenters. The molecule has 26 heavy (non-hydrogen) atoms. The van der Waals surface area contributed by atoms with Crippen LogP contribution in [-0.4, -0.2) is 44.9 Å². The fraction of sp³-hybridized carbons (Fsp3) is 0.529. The van der Waals surface area contributed by atoms with Crippen molar-refractivity contribution in [2.45, 2.75) is 25.9 Å². The van der Waals surface area contributed by atoms with E-state index in [1.54, 1.807) is 18.0 Å². The van der Waals surface area contributed by atoms with E-state index in [1.165, 1.54) is 21.3 Å². The van der Waals surface area contributed by atoms with E-state index in [2.05, 4.69) is 9.97 Å². The summed E-state index contributed by atoms with van der Waals surface area (Å²) in [5.74, 6) is -0.495. The van der Waals surface area contributed by atoms with Crippen LogP contribution in [-0.2, 0) is 6.18 Å². The number of hydrogen-bond donors (Lipinski definition) is 0. The Morgan fingerprint density at radius 1 is 1.04 bits per heavy atom. The third-order valence-electron chi connectivity index (χ3n) is 3.94. The second kappa shape index (κ2) is 7.84. The normalized spacial score (nSPS) is 11.5. The molecule has 0 aliphatic rings. The number of benzene rings is 1. The maximum Gasteiger partial charge on any atom is 0.451 e. The minimum Gasteiger partial charge on any atom is -0.493 e. The average Bonchev–Trinajstić information content (AvgIpc) is 2.62. The van der Waals surface area contributed by atoms with Gasteiger partial charge in [0.1, 0.15) is 11.3 Å². The van der Waals surface area contributed by atoms with Crippen molar-refractivity contribution in [3.05, 3.63) is 11.9 Å². The van der Waals surface area contributed by atoms with Crippen LogP contribution in [0.2, 0.25) is 0 Å². The highest BCUT2D eigenvalue weighted by Crippen LogP contribution is 2.45. The number of alkyl halides is 3. The van der Waals surface area contributed by atoms with Crippen LogP contribution in [0.1, 0.15) is 25.6 Å². The molecule has 2 rings (SSSR count). The summed E-state index contributed by atoms with van der Waals surface area (Å²) in [5, 5.41) is 0.395. The van der Waals surface area contributed by atoms with E-state index < -0.39 is 12.0 Å². The third-order valence-corrected chi connectivity index (χ3v) is 3.94. The van der Waals surface area contributed by atoms with Crippen LogP contribution in [0.4, 0.5) is 19.0 Å². The average molecular weight is 373 g/mol. The lowest BCUT2D eigenvalue weighted by molar-refractivity contribution is -0.144. The highest BCUT2D eigenvalue weighted by atomic mass is 19.4. The van der Waals surface area contributed by atoms with E-state index in [-0.39, 0.29) is 22.8 Å². The van der Waals surface area contributed by atoms with Crippen LogP contribution in [0.5, 0.6) is 17.2 Å². The van der Waals surface area contributed by atoms with Gasteiger partial charge in [0.2, 0.25) is 11.6 Å². The first-order valence-corrected chi connectivity index (χ1v) is 8.07. The molecule has 6 nitrogen and oxygen atoms in total. The Morgan fingerprint density at radius 3 is 2.19 bits per heavy atom. The molecule has 0 saturated heterocycles. The van der Waals surface area contributed by atoms with Crippen LogP contribution >= 0.6 is 0 Å². The van der Waals surface area contributed by atoms with Crippen LogP contribution in [0.15, 0.2) is 6.07 Å². The Morgan fingerprint density at radius 2 is 1.69 bits per heavy atom. The zero-order chi connectivity index (χ0) is 19.5. The predicted octanol–water partition coefficient (Wildman–Crippen LogP) is 3.91. The molecule has 0 saturated carbocycles. The highest BCUT2D eigenvalue weighted by molar-refractivity contribution is 5.97.